The Kier molecular flexibility index (Phi) is 4.94. The molecule has 1 aromatic carbocycles. The molecule has 2 heterocycles. The summed E-state index contributed by atoms with van der Waals surface area (Å²) in [6.45, 7) is 6.93. The Balaban J connectivity index is 1.59. The van der Waals surface area contributed by atoms with Crippen LogP contribution in [0.2, 0.25) is 0 Å². The van der Waals surface area contributed by atoms with Gasteiger partial charge in [0.25, 0.3) is 5.91 Å². The third kappa shape index (κ3) is 3.71. The van der Waals surface area contributed by atoms with Crippen LogP contribution in [0.25, 0.3) is 10.1 Å². The lowest BCUT2D eigenvalue weighted by Gasteiger charge is -2.36. The zero-order chi connectivity index (χ0) is 16.4. The van der Waals surface area contributed by atoms with E-state index < -0.39 is 0 Å². The Bertz CT molecular complexity index is 694. The second kappa shape index (κ2) is 6.95. The molecule has 6 heteroatoms. The topological polar surface area (TPSA) is 35.6 Å². The molecule has 1 aliphatic heterocycles. The van der Waals surface area contributed by atoms with Crippen LogP contribution < -0.4 is 5.32 Å². The first-order chi connectivity index (χ1) is 11.0. The molecule has 1 N–H and O–H groups in total. The fourth-order valence-electron chi connectivity index (χ4n) is 2.86. The van der Waals surface area contributed by atoms with E-state index in [-0.39, 0.29) is 11.7 Å². The van der Waals surface area contributed by atoms with Gasteiger partial charge in [-0.25, -0.2) is 4.39 Å². The number of halogens is 1. The van der Waals surface area contributed by atoms with Gasteiger partial charge in [-0.2, -0.15) is 0 Å². The van der Waals surface area contributed by atoms with Gasteiger partial charge in [0.1, 0.15) is 5.82 Å². The van der Waals surface area contributed by atoms with Gasteiger partial charge in [-0.05, 0) is 32.2 Å². The molecule has 3 rings (SSSR count). The third-order valence-electron chi connectivity index (χ3n) is 4.45. The molecule has 1 fully saturated rings. The van der Waals surface area contributed by atoms with E-state index in [0.29, 0.717) is 22.8 Å². The largest absolute Gasteiger partial charge is 0.350 e. The van der Waals surface area contributed by atoms with E-state index in [1.54, 1.807) is 12.1 Å². The lowest BCUT2D eigenvalue weighted by Crippen LogP contribution is -2.51. The van der Waals surface area contributed by atoms with Crippen LogP contribution in [0.15, 0.2) is 24.3 Å². The molecule has 1 atom stereocenters. The summed E-state index contributed by atoms with van der Waals surface area (Å²) in [5.74, 6) is -0.393. The van der Waals surface area contributed by atoms with Crippen LogP contribution in [0.5, 0.6) is 0 Å². The Morgan fingerprint density at radius 1 is 1.35 bits per heavy atom. The van der Waals surface area contributed by atoms with Crippen LogP contribution in [-0.2, 0) is 0 Å². The Morgan fingerprint density at radius 3 is 2.78 bits per heavy atom. The van der Waals surface area contributed by atoms with Crippen molar-refractivity contribution in [2.24, 2.45) is 0 Å². The maximum absolute atomic E-state index is 13.7. The Morgan fingerprint density at radius 2 is 2.09 bits per heavy atom. The summed E-state index contributed by atoms with van der Waals surface area (Å²) in [6, 6.07) is 6.88. The monoisotopic (exact) mass is 335 g/mol. The van der Waals surface area contributed by atoms with E-state index in [9.17, 15) is 9.18 Å². The van der Waals surface area contributed by atoms with Gasteiger partial charge < -0.3 is 10.2 Å². The highest BCUT2D eigenvalue weighted by Crippen LogP contribution is 2.27. The van der Waals surface area contributed by atoms with E-state index in [0.717, 1.165) is 30.9 Å². The van der Waals surface area contributed by atoms with Crippen LogP contribution in [-0.4, -0.2) is 61.5 Å². The Hall–Kier alpha value is -1.50. The summed E-state index contributed by atoms with van der Waals surface area (Å²) >= 11 is 1.33. The fourth-order valence-corrected chi connectivity index (χ4v) is 3.85. The molecular formula is C17H22FN3OS. The van der Waals surface area contributed by atoms with Gasteiger partial charge in [0.15, 0.2) is 0 Å². The molecular weight excluding hydrogens is 313 g/mol. The van der Waals surface area contributed by atoms with Crippen molar-refractivity contribution in [1.29, 1.82) is 0 Å². The fraction of sp³-hybridized carbons (Fsp3) is 0.471. The van der Waals surface area contributed by atoms with Crippen molar-refractivity contribution in [2.45, 2.75) is 13.0 Å². The maximum atomic E-state index is 13.7. The molecule has 1 aromatic heterocycles. The summed E-state index contributed by atoms with van der Waals surface area (Å²) in [5, 5.41) is 3.50. The average molecular weight is 335 g/mol. The number of amides is 1. The van der Waals surface area contributed by atoms with Crippen molar-refractivity contribution in [3.05, 3.63) is 35.0 Å². The molecule has 124 valence electrons. The summed E-state index contributed by atoms with van der Waals surface area (Å²) in [7, 11) is 2.13. The van der Waals surface area contributed by atoms with Crippen LogP contribution in [0, 0.1) is 5.82 Å². The van der Waals surface area contributed by atoms with Crippen molar-refractivity contribution in [1.82, 2.24) is 15.1 Å². The highest BCUT2D eigenvalue weighted by atomic mass is 32.1. The summed E-state index contributed by atoms with van der Waals surface area (Å²) in [6.07, 6.45) is 0. The molecule has 1 saturated heterocycles. The van der Waals surface area contributed by atoms with E-state index in [2.05, 4.69) is 29.1 Å². The van der Waals surface area contributed by atoms with Crippen molar-refractivity contribution in [3.63, 3.8) is 0 Å². The minimum atomic E-state index is -0.274. The first kappa shape index (κ1) is 16.4. The third-order valence-corrected chi connectivity index (χ3v) is 5.55. The predicted molar refractivity (Wildman–Crippen MR) is 92.6 cm³/mol. The Labute approximate surface area is 139 Å². The second-order valence-corrected chi connectivity index (χ2v) is 7.24. The number of nitrogens with zero attached hydrogens (tertiary/aromatic N) is 2. The molecule has 0 aliphatic carbocycles. The second-order valence-electron chi connectivity index (χ2n) is 6.16. The van der Waals surface area contributed by atoms with Gasteiger partial charge >= 0.3 is 0 Å². The van der Waals surface area contributed by atoms with Crippen molar-refractivity contribution >= 4 is 27.3 Å². The molecule has 1 amide bonds. The van der Waals surface area contributed by atoms with E-state index in [1.165, 1.54) is 17.4 Å². The number of benzene rings is 1. The summed E-state index contributed by atoms with van der Waals surface area (Å²) in [4.78, 5) is 17.6. The van der Waals surface area contributed by atoms with Gasteiger partial charge in [-0.1, -0.05) is 6.07 Å². The number of likely N-dealkylation sites (N-methyl/N-ethyl adjacent to an activating group) is 1. The van der Waals surface area contributed by atoms with Gasteiger partial charge in [0, 0.05) is 48.9 Å². The van der Waals surface area contributed by atoms with Crippen LogP contribution in [0.3, 0.4) is 0 Å². The van der Waals surface area contributed by atoms with Gasteiger partial charge in [0.05, 0.1) is 4.88 Å². The number of rotatable bonds is 4. The number of hydrogen-bond donors (Lipinski definition) is 1. The van der Waals surface area contributed by atoms with Crippen LogP contribution >= 0.6 is 11.3 Å². The zero-order valence-electron chi connectivity index (χ0n) is 13.5. The molecule has 4 nitrogen and oxygen atoms in total. The van der Waals surface area contributed by atoms with E-state index in [4.69, 9.17) is 0 Å². The van der Waals surface area contributed by atoms with Crippen molar-refractivity contribution < 1.29 is 9.18 Å². The normalized spacial score (nSPS) is 18.2. The van der Waals surface area contributed by atoms with E-state index >= 15 is 0 Å². The van der Waals surface area contributed by atoms with Gasteiger partial charge in [-0.15, -0.1) is 11.3 Å². The number of carbonyl (C=O) groups excluding carboxylic acids is 1. The minimum Gasteiger partial charge on any atom is -0.350 e. The molecule has 1 aliphatic rings. The zero-order valence-corrected chi connectivity index (χ0v) is 14.3. The smallest absolute Gasteiger partial charge is 0.261 e. The lowest BCUT2D eigenvalue weighted by molar-refractivity contribution is 0.0907. The first-order valence-electron chi connectivity index (χ1n) is 7.93. The van der Waals surface area contributed by atoms with Gasteiger partial charge in [-0.3, -0.25) is 9.69 Å². The molecule has 0 radical (unpaired) electrons. The average Bonchev–Trinajstić information content (AvgIpc) is 2.99. The standard InChI is InChI=1S/C17H22FN3OS/c1-12(21-8-6-20(2)7-9-21)11-19-17(22)16-10-13-14(18)4-3-5-15(13)23-16/h3-5,10,12H,6-9,11H2,1-2H3,(H,19,22)/t12-/m1/s1. The number of piperazine rings is 1. The number of carbonyl (C=O) groups is 1. The molecule has 0 bridgehead atoms. The highest BCUT2D eigenvalue weighted by Gasteiger charge is 2.20. The number of thiophene rings is 1. The highest BCUT2D eigenvalue weighted by molar-refractivity contribution is 7.20. The molecule has 2 aromatic rings. The summed E-state index contributed by atoms with van der Waals surface area (Å²) < 4.78 is 14.5. The maximum Gasteiger partial charge on any atom is 0.261 e. The molecule has 0 saturated carbocycles. The van der Waals surface area contributed by atoms with E-state index in [1.807, 2.05) is 6.07 Å². The minimum absolute atomic E-state index is 0.119. The van der Waals surface area contributed by atoms with Crippen molar-refractivity contribution in [3.8, 4) is 0 Å². The van der Waals surface area contributed by atoms with Crippen LogP contribution in [0.1, 0.15) is 16.6 Å². The predicted octanol–water partition coefficient (Wildman–Crippen LogP) is 2.41. The SMILES string of the molecule is C[C@H](CNC(=O)c1cc2c(F)cccc2s1)N1CCN(C)CC1. The number of hydrogen-bond acceptors (Lipinski definition) is 4. The number of fused-ring (bicyclic) bond motifs is 1. The quantitative estimate of drug-likeness (QED) is 0.932. The first-order valence-corrected chi connectivity index (χ1v) is 8.75. The lowest BCUT2D eigenvalue weighted by atomic mass is 10.2. The molecule has 0 unspecified atom stereocenters. The molecule has 23 heavy (non-hydrogen) atoms. The van der Waals surface area contributed by atoms with Crippen molar-refractivity contribution in [2.75, 3.05) is 39.8 Å². The number of nitrogens with one attached hydrogen (secondary N) is 1. The van der Waals surface area contributed by atoms with Gasteiger partial charge in [0.2, 0.25) is 0 Å². The van der Waals surface area contributed by atoms with Crippen LogP contribution in [0.4, 0.5) is 4.39 Å². The molecule has 0 spiro atoms. The summed E-state index contributed by atoms with van der Waals surface area (Å²) in [5.41, 5.74) is 0.